The molecular weight excluding hydrogens is 120 g/mol. The van der Waals surface area contributed by atoms with Crippen molar-refractivity contribution in [2.75, 3.05) is 18.8 Å². The Labute approximate surface area is 53.0 Å². The molecule has 2 aliphatic rings. The summed E-state index contributed by atoms with van der Waals surface area (Å²) in [6, 6.07) is 0. The molecular formula is C5H8N2S. The van der Waals surface area contributed by atoms with Gasteiger partial charge in [0.2, 0.25) is 0 Å². The monoisotopic (exact) mass is 128 g/mol. The lowest BCUT2D eigenvalue weighted by Crippen LogP contribution is -2.22. The summed E-state index contributed by atoms with van der Waals surface area (Å²) in [5.41, 5.74) is 0.495. The summed E-state index contributed by atoms with van der Waals surface area (Å²) in [7, 11) is 0. The summed E-state index contributed by atoms with van der Waals surface area (Å²) in [5.74, 6) is 1.27. The Morgan fingerprint density at radius 1 is 1.75 bits per heavy atom. The topological polar surface area (TPSA) is 15.6 Å². The lowest BCUT2D eigenvalue weighted by Gasteiger charge is -2.09. The van der Waals surface area contributed by atoms with E-state index in [1.54, 1.807) is 0 Å². The number of thioether (sulfide) groups is 1. The van der Waals surface area contributed by atoms with Gasteiger partial charge < -0.3 is 0 Å². The molecule has 0 bridgehead atoms. The van der Waals surface area contributed by atoms with E-state index in [1.165, 1.54) is 12.3 Å². The molecule has 0 aliphatic carbocycles. The third-order valence-electron chi connectivity index (χ3n) is 1.51. The van der Waals surface area contributed by atoms with Crippen molar-refractivity contribution >= 4 is 18.0 Å². The fraction of sp³-hybridized carbons (Fsp3) is 0.800. The number of nitrogens with zero attached hydrogens (tertiary/aromatic N) is 2. The fourth-order valence-corrected chi connectivity index (χ4v) is 2.18. The smallest absolute Gasteiger partial charge is 0.149 e. The molecule has 0 N–H and O–H groups in total. The maximum absolute atomic E-state index is 4.26. The van der Waals surface area contributed by atoms with Gasteiger partial charge in [0.05, 0.1) is 0 Å². The second kappa shape index (κ2) is 1.74. The highest BCUT2D eigenvalue weighted by Crippen LogP contribution is 2.25. The minimum absolute atomic E-state index is 0.495. The number of aliphatic imine (C=N–C) groups is 1. The number of fused-ring (bicyclic) bond motifs is 1. The molecule has 1 atom stereocenters. The molecule has 0 aromatic rings. The molecule has 2 nitrogen and oxygen atoms in total. The van der Waals surface area contributed by atoms with Crippen molar-refractivity contribution in [3.8, 4) is 0 Å². The van der Waals surface area contributed by atoms with Crippen LogP contribution in [0.2, 0.25) is 0 Å². The lowest BCUT2D eigenvalue weighted by atomic mass is 10.6. The van der Waals surface area contributed by atoms with Crippen molar-refractivity contribution < 1.29 is 0 Å². The molecule has 0 radical (unpaired) electrons. The van der Waals surface area contributed by atoms with Crippen LogP contribution in [0.15, 0.2) is 4.99 Å². The van der Waals surface area contributed by atoms with Crippen LogP contribution in [-0.4, -0.2) is 35.5 Å². The highest BCUT2D eigenvalue weighted by Gasteiger charge is 2.25. The summed E-state index contributed by atoms with van der Waals surface area (Å²) in [5, 5.41) is 0. The van der Waals surface area contributed by atoms with E-state index in [0.29, 0.717) is 5.50 Å². The van der Waals surface area contributed by atoms with Gasteiger partial charge in [-0.3, -0.25) is 9.89 Å². The summed E-state index contributed by atoms with van der Waals surface area (Å²) < 4.78 is 0. The van der Waals surface area contributed by atoms with Crippen molar-refractivity contribution in [3.63, 3.8) is 0 Å². The van der Waals surface area contributed by atoms with Gasteiger partial charge in [0.1, 0.15) is 5.50 Å². The Balaban J connectivity index is 2.13. The highest BCUT2D eigenvalue weighted by molar-refractivity contribution is 8.00. The van der Waals surface area contributed by atoms with Crippen molar-refractivity contribution in [2.45, 2.75) is 5.50 Å². The van der Waals surface area contributed by atoms with Crippen LogP contribution in [-0.2, 0) is 0 Å². The number of hydrogen-bond acceptors (Lipinski definition) is 3. The summed E-state index contributed by atoms with van der Waals surface area (Å²) in [6.07, 6.45) is 2.01. The SMILES string of the molecule is C1=NC2SCCN2C1. The molecule has 0 aromatic heterocycles. The van der Waals surface area contributed by atoms with E-state index in [2.05, 4.69) is 9.89 Å². The highest BCUT2D eigenvalue weighted by atomic mass is 32.2. The first kappa shape index (κ1) is 4.82. The van der Waals surface area contributed by atoms with Crippen molar-refractivity contribution in [3.05, 3.63) is 0 Å². The average molecular weight is 128 g/mol. The summed E-state index contributed by atoms with van der Waals surface area (Å²) >= 11 is 1.94. The molecule has 1 fully saturated rings. The Hall–Kier alpha value is -0.0200. The molecule has 0 saturated carbocycles. The van der Waals surface area contributed by atoms with E-state index >= 15 is 0 Å². The summed E-state index contributed by atoms with van der Waals surface area (Å²) in [6.45, 7) is 2.31. The Morgan fingerprint density at radius 3 is 3.62 bits per heavy atom. The zero-order valence-electron chi connectivity index (χ0n) is 4.58. The van der Waals surface area contributed by atoms with E-state index in [-0.39, 0.29) is 0 Å². The predicted octanol–water partition coefficient (Wildman–Crippen LogP) is 0.403. The maximum Gasteiger partial charge on any atom is 0.149 e. The molecule has 1 saturated heterocycles. The lowest BCUT2D eigenvalue weighted by molar-refractivity contribution is 0.358. The van der Waals surface area contributed by atoms with Gasteiger partial charge >= 0.3 is 0 Å². The first-order chi connectivity index (χ1) is 3.97. The van der Waals surface area contributed by atoms with Crippen LogP contribution in [0.25, 0.3) is 0 Å². The van der Waals surface area contributed by atoms with Gasteiger partial charge in [-0.15, -0.1) is 11.8 Å². The molecule has 8 heavy (non-hydrogen) atoms. The zero-order valence-corrected chi connectivity index (χ0v) is 5.40. The van der Waals surface area contributed by atoms with Gasteiger partial charge in [0.25, 0.3) is 0 Å². The molecule has 0 amide bonds. The molecule has 1 unspecified atom stereocenters. The van der Waals surface area contributed by atoms with Crippen LogP contribution in [0.1, 0.15) is 0 Å². The second-order valence-corrected chi connectivity index (χ2v) is 3.19. The van der Waals surface area contributed by atoms with Gasteiger partial charge in [0, 0.05) is 25.1 Å². The van der Waals surface area contributed by atoms with Crippen LogP contribution < -0.4 is 0 Å². The van der Waals surface area contributed by atoms with Crippen LogP contribution in [0.3, 0.4) is 0 Å². The second-order valence-electron chi connectivity index (χ2n) is 2.02. The van der Waals surface area contributed by atoms with Crippen LogP contribution >= 0.6 is 11.8 Å². The van der Waals surface area contributed by atoms with E-state index in [9.17, 15) is 0 Å². The van der Waals surface area contributed by atoms with Crippen molar-refractivity contribution in [2.24, 2.45) is 4.99 Å². The molecule has 3 heteroatoms. The molecule has 0 spiro atoms. The van der Waals surface area contributed by atoms with Gasteiger partial charge in [-0.2, -0.15) is 0 Å². The molecule has 2 aliphatic heterocycles. The van der Waals surface area contributed by atoms with Gasteiger partial charge in [-0.05, 0) is 0 Å². The number of hydrogen-bond donors (Lipinski definition) is 0. The van der Waals surface area contributed by atoms with E-state index in [4.69, 9.17) is 0 Å². The molecule has 44 valence electrons. The normalized spacial score (nSPS) is 36.2. The third-order valence-corrected chi connectivity index (χ3v) is 2.64. The first-order valence-electron chi connectivity index (χ1n) is 2.84. The van der Waals surface area contributed by atoms with Crippen LogP contribution in [0.5, 0.6) is 0 Å². The molecule has 0 aromatic carbocycles. The van der Waals surface area contributed by atoms with Crippen LogP contribution in [0.4, 0.5) is 0 Å². The minimum atomic E-state index is 0.495. The van der Waals surface area contributed by atoms with Gasteiger partial charge in [-0.1, -0.05) is 0 Å². The standard InChI is InChI=1S/C5H8N2S/c1-2-7-3-4-8-5(7)6-1/h1,5H,2-4H2. The number of rotatable bonds is 0. The third kappa shape index (κ3) is 0.581. The van der Waals surface area contributed by atoms with Crippen molar-refractivity contribution in [1.82, 2.24) is 4.90 Å². The first-order valence-corrected chi connectivity index (χ1v) is 3.89. The van der Waals surface area contributed by atoms with Gasteiger partial charge in [0.15, 0.2) is 0 Å². The largest absolute Gasteiger partial charge is 0.267 e. The zero-order chi connectivity index (χ0) is 5.40. The Bertz CT molecular complexity index is 124. The quantitative estimate of drug-likeness (QED) is 0.469. The Kier molecular flexibility index (Phi) is 1.05. The van der Waals surface area contributed by atoms with E-state index in [1.807, 2.05) is 18.0 Å². The minimum Gasteiger partial charge on any atom is -0.267 e. The molecule has 2 heterocycles. The van der Waals surface area contributed by atoms with Crippen molar-refractivity contribution in [1.29, 1.82) is 0 Å². The molecule has 2 rings (SSSR count). The van der Waals surface area contributed by atoms with E-state index < -0.39 is 0 Å². The van der Waals surface area contributed by atoms with E-state index in [0.717, 1.165) is 6.54 Å². The fourth-order valence-electron chi connectivity index (χ4n) is 1.05. The average Bonchev–Trinajstić information content (AvgIpc) is 2.15. The van der Waals surface area contributed by atoms with Gasteiger partial charge in [-0.25, -0.2) is 0 Å². The Morgan fingerprint density at radius 2 is 2.75 bits per heavy atom. The summed E-state index contributed by atoms with van der Waals surface area (Å²) in [4.78, 5) is 6.64. The predicted molar refractivity (Wildman–Crippen MR) is 36.3 cm³/mol. The maximum atomic E-state index is 4.26. The van der Waals surface area contributed by atoms with Crippen LogP contribution in [0, 0.1) is 0 Å².